The van der Waals surface area contributed by atoms with Crippen LogP contribution in [0.25, 0.3) is 0 Å². The molecule has 0 saturated carbocycles. The van der Waals surface area contributed by atoms with Crippen molar-refractivity contribution in [1.82, 2.24) is 0 Å². The van der Waals surface area contributed by atoms with E-state index >= 15 is 0 Å². The second kappa shape index (κ2) is 6.17. The molecule has 0 aliphatic carbocycles. The molecule has 2 rings (SSSR count). The summed E-state index contributed by atoms with van der Waals surface area (Å²) in [6.07, 6.45) is 0. The Kier molecular flexibility index (Phi) is 4.74. The van der Waals surface area contributed by atoms with E-state index in [9.17, 15) is 0 Å². The van der Waals surface area contributed by atoms with Crippen molar-refractivity contribution in [2.45, 2.75) is 19.9 Å². The summed E-state index contributed by atoms with van der Waals surface area (Å²) in [7, 11) is 1.67. The van der Waals surface area contributed by atoms with E-state index < -0.39 is 0 Å². The number of benzene rings is 2. The maximum absolute atomic E-state index is 6.38. The van der Waals surface area contributed by atoms with Gasteiger partial charge in [0, 0.05) is 10.0 Å². The van der Waals surface area contributed by atoms with E-state index in [4.69, 9.17) is 22.1 Å². The highest BCUT2D eigenvalue weighted by atomic mass is 79.9. The van der Waals surface area contributed by atoms with Gasteiger partial charge in [-0.05, 0) is 58.6 Å². The Morgan fingerprint density at radius 2 is 1.90 bits per heavy atom. The Labute approximate surface area is 133 Å². The van der Waals surface area contributed by atoms with Crippen molar-refractivity contribution in [3.63, 3.8) is 0 Å². The van der Waals surface area contributed by atoms with Gasteiger partial charge < -0.3 is 10.5 Å². The zero-order valence-electron chi connectivity index (χ0n) is 11.7. The van der Waals surface area contributed by atoms with Crippen LogP contribution < -0.4 is 10.5 Å². The summed E-state index contributed by atoms with van der Waals surface area (Å²) >= 11 is 9.53. The molecule has 0 aliphatic heterocycles. The summed E-state index contributed by atoms with van der Waals surface area (Å²) in [4.78, 5) is 0. The Balaban J connectivity index is 2.50. The fourth-order valence-electron chi connectivity index (χ4n) is 2.21. The van der Waals surface area contributed by atoms with Crippen LogP contribution in [-0.4, -0.2) is 7.11 Å². The molecule has 106 valence electrons. The van der Waals surface area contributed by atoms with Crippen LogP contribution in [0.3, 0.4) is 0 Å². The van der Waals surface area contributed by atoms with Crippen LogP contribution in [0.5, 0.6) is 5.75 Å². The third-order valence-electron chi connectivity index (χ3n) is 3.55. The average Bonchev–Trinajstić information content (AvgIpc) is 2.44. The van der Waals surface area contributed by atoms with Gasteiger partial charge in [-0.3, -0.25) is 0 Å². The molecule has 0 amide bonds. The Bertz CT molecular complexity index is 643. The van der Waals surface area contributed by atoms with Gasteiger partial charge >= 0.3 is 0 Å². The molecular weight excluding hydrogens is 338 g/mol. The van der Waals surface area contributed by atoms with E-state index in [-0.39, 0.29) is 6.04 Å². The van der Waals surface area contributed by atoms with Gasteiger partial charge in [-0.1, -0.05) is 29.8 Å². The summed E-state index contributed by atoms with van der Waals surface area (Å²) in [6.45, 7) is 4.10. The van der Waals surface area contributed by atoms with E-state index in [2.05, 4.69) is 28.9 Å². The first-order chi connectivity index (χ1) is 9.45. The topological polar surface area (TPSA) is 35.2 Å². The molecule has 0 heterocycles. The van der Waals surface area contributed by atoms with Crippen LogP contribution >= 0.6 is 27.5 Å². The first-order valence-electron chi connectivity index (χ1n) is 6.30. The van der Waals surface area contributed by atoms with Crippen molar-refractivity contribution in [2.24, 2.45) is 5.73 Å². The van der Waals surface area contributed by atoms with E-state index in [0.717, 1.165) is 26.9 Å². The van der Waals surface area contributed by atoms with Crippen LogP contribution in [0.4, 0.5) is 0 Å². The smallest absolute Gasteiger partial charge is 0.127 e. The lowest BCUT2D eigenvalue weighted by atomic mass is 9.95. The van der Waals surface area contributed by atoms with Crippen LogP contribution in [0.2, 0.25) is 5.02 Å². The molecule has 1 unspecified atom stereocenters. The molecule has 0 radical (unpaired) electrons. The van der Waals surface area contributed by atoms with E-state index in [1.54, 1.807) is 7.11 Å². The minimum absolute atomic E-state index is 0.269. The SMILES string of the molecule is COc1c(C(N)c2ccc(Br)c(Cl)c2)ccc(C)c1C. The van der Waals surface area contributed by atoms with Crippen molar-refractivity contribution in [3.05, 3.63) is 62.1 Å². The second-order valence-corrected chi connectivity index (χ2v) is 6.04. The molecule has 0 aromatic heterocycles. The van der Waals surface area contributed by atoms with Crippen LogP contribution in [0, 0.1) is 13.8 Å². The number of nitrogens with two attached hydrogens (primary N) is 1. The lowest BCUT2D eigenvalue weighted by Crippen LogP contribution is -2.14. The predicted octanol–water partition coefficient (Wildman–Crippen LogP) is 4.78. The molecule has 0 spiro atoms. The van der Waals surface area contributed by atoms with Gasteiger partial charge in [0.15, 0.2) is 0 Å². The first-order valence-corrected chi connectivity index (χ1v) is 7.47. The van der Waals surface area contributed by atoms with E-state index in [1.807, 2.05) is 31.2 Å². The fourth-order valence-corrected chi connectivity index (χ4v) is 2.65. The minimum Gasteiger partial charge on any atom is -0.496 e. The number of ether oxygens (including phenoxy) is 1. The quantitative estimate of drug-likeness (QED) is 0.861. The number of methoxy groups -OCH3 is 1. The van der Waals surface area contributed by atoms with Gasteiger partial charge in [-0.2, -0.15) is 0 Å². The van der Waals surface area contributed by atoms with Crippen LogP contribution in [0.1, 0.15) is 28.3 Å². The first kappa shape index (κ1) is 15.4. The molecule has 0 aliphatic rings. The normalized spacial score (nSPS) is 12.3. The lowest BCUT2D eigenvalue weighted by molar-refractivity contribution is 0.404. The summed E-state index contributed by atoms with van der Waals surface area (Å²) in [6, 6.07) is 9.57. The van der Waals surface area contributed by atoms with Gasteiger partial charge in [-0.25, -0.2) is 0 Å². The lowest BCUT2D eigenvalue weighted by Gasteiger charge is -2.19. The number of hydrogen-bond donors (Lipinski definition) is 1. The highest BCUT2D eigenvalue weighted by Crippen LogP contribution is 2.34. The van der Waals surface area contributed by atoms with Crippen molar-refractivity contribution >= 4 is 27.5 Å². The molecule has 2 nitrogen and oxygen atoms in total. The molecule has 20 heavy (non-hydrogen) atoms. The van der Waals surface area contributed by atoms with Crippen molar-refractivity contribution in [2.75, 3.05) is 7.11 Å². The van der Waals surface area contributed by atoms with Crippen molar-refractivity contribution in [1.29, 1.82) is 0 Å². The average molecular weight is 355 g/mol. The molecule has 0 saturated heterocycles. The summed E-state index contributed by atoms with van der Waals surface area (Å²) in [5, 5.41) is 0.653. The largest absolute Gasteiger partial charge is 0.496 e. The highest BCUT2D eigenvalue weighted by Gasteiger charge is 2.17. The summed E-state index contributed by atoms with van der Waals surface area (Å²) in [5.41, 5.74) is 10.6. The number of rotatable bonds is 3. The summed E-state index contributed by atoms with van der Waals surface area (Å²) in [5.74, 6) is 0.844. The molecule has 1 atom stereocenters. The monoisotopic (exact) mass is 353 g/mol. The summed E-state index contributed by atoms with van der Waals surface area (Å²) < 4.78 is 6.39. The molecular formula is C16H17BrClNO. The molecule has 0 bridgehead atoms. The van der Waals surface area contributed by atoms with Gasteiger partial charge in [0.05, 0.1) is 18.2 Å². The zero-order valence-corrected chi connectivity index (χ0v) is 14.0. The predicted molar refractivity (Wildman–Crippen MR) is 87.7 cm³/mol. The van der Waals surface area contributed by atoms with Crippen LogP contribution in [-0.2, 0) is 0 Å². The molecule has 4 heteroatoms. The van der Waals surface area contributed by atoms with E-state index in [1.165, 1.54) is 5.56 Å². The third kappa shape index (κ3) is 2.85. The molecule has 2 N–H and O–H groups in total. The number of aryl methyl sites for hydroxylation is 1. The van der Waals surface area contributed by atoms with Crippen molar-refractivity contribution in [3.8, 4) is 5.75 Å². The van der Waals surface area contributed by atoms with E-state index in [0.29, 0.717) is 5.02 Å². The minimum atomic E-state index is -0.269. The maximum atomic E-state index is 6.38. The zero-order chi connectivity index (χ0) is 14.9. The third-order valence-corrected chi connectivity index (χ3v) is 4.78. The second-order valence-electron chi connectivity index (χ2n) is 4.78. The fraction of sp³-hybridized carbons (Fsp3) is 0.250. The Hall–Kier alpha value is -1.03. The molecule has 0 fully saturated rings. The van der Waals surface area contributed by atoms with Gasteiger partial charge in [0.2, 0.25) is 0 Å². The Morgan fingerprint density at radius 3 is 2.50 bits per heavy atom. The van der Waals surface area contributed by atoms with Gasteiger partial charge in [-0.15, -0.1) is 0 Å². The highest BCUT2D eigenvalue weighted by molar-refractivity contribution is 9.10. The van der Waals surface area contributed by atoms with Crippen molar-refractivity contribution < 1.29 is 4.74 Å². The standard InChI is InChI=1S/C16H17BrClNO/c1-9-4-6-12(16(20-3)10(9)2)15(19)11-5-7-13(17)14(18)8-11/h4-8,15H,19H2,1-3H3. The number of hydrogen-bond acceptors (Lipinski definition) is 2. The Morgan fingerprint density at radius 1 is 1.20 bits per heavy atom. The van der Waals surface area contributed by atoms with Gasteiger partial charge in [0.1, 0.15) is 5.75 Å². The van der Waals surface area contributed by atoms with Gasteiger partial charge in [0.25, 0.3) is 0 Å². The molecule has 2 aromatic carbocycles. The van der Waals surface area contributed by atoms with Crippen LogP contribution in [0.15, 0.2) is 34.8 Å². The number of halogens is 2. The molecule has 2 aromatic rings. The maximum Gasteiger partial charge on any atom is 0.127 e.